The standard InChI is InChI=1S/C14H18O2/c1-3-14(9-13(15)16)7-11-6-4-5-10(2)12(11)8-14/h4-6H,3,7-9H2,1-2H3,(H,15,16). The fourth-order valence-electron chi connectivity index (χ4n) is 2.84. The molecule has 0 amide bonds. The fraction of sp³-hybridized carbons (Fsp3) is 0.500. The van der Waals surface area contributed by atoms with Crippen LogP contribution in [-0.2, 0) is 17.6 Å². The molecule has 1 aromatic carbocycles. The highest BCUT2D eigenvalue weighted by molar-refractivity contribution is 5.68. The minimum Gasteiger partial charge on any atom is -0.481 e. The quantitative estimate of drug-likeness (QED) is 0.846. The molecule has 2 heteroatoms. The Hall–Kier alpha value is -1.31. The molecule has 0 saturated heterocycles. The van der Waals surface area contributed by atoms with E-state index in [0.717, 1.165) is 19.3 Å². The summed E-state index contributed by atoms with van der Waals surface area (Å²) in [4.78, 5) is 11.0. The number of fused-ring (bicyclic) bond motifs is 1. The van der Waals surface area contributed by atoms with Crippen LogP contribution in [0.1, 0.15) is 36.5 Å². The maximum absolute atomic E-state index is 11.0. The number of aryl methyl sites for hydroxylation is 1. The molecule has 0 fully saturated rings. The molecule has 1 aromatic rings. The lowest BCUT2D eigenvalue weighted by Gasteiger charge is -2.25. The Bertz CT molecular complexity index is 423. The normalized spacial score (nSPS) is 23.1. The molecule has 0 aromatic heterocycles. The monoisotopic (exact) mass is 218 g/mol. The van der Waals surface area contributed by atoms with Crippen molar-refractivity contribution in [3.63, 3.8) is 0 Å². The van der Waals surface area contributed by atoms with Gasteiger partial charge in [0.15, 0.2) is 0 Å². The predicted octanol–water partition coefficient (Wildman–Crippen LogP) is 2.96. The Morgan fingerprint density at radius 1 is 1.44 bits per heavy atom. The smallest absolute Gasteiger partial charge is 0.303 e. The van der Waals surface area contributed by atoms with Crippen LogP contribution in [0, 0.1) is 12.3 Å². The summed E-state index contributed by atoms with van der Waals surface area (Å²) in [5, 5.41) is 9.02. The van der Waals surface area contributed by atoms with Crippen LogP contribution >= 0.6 is 0 Å². The maximum Gasteiger partial charge on any atom is 0.303 e. The summed E-state index contributed by atoms with van der Waals surface area (Å²) < 4.78 is 0. The molecule has 16 heavy (non-hydrogen) atoms. The summed E-state index contributed by atoms with van der Waals surface area (Å²) in [6.45, 7) is 4.22. The summed E-state index contributed by atoms with van der Waals surface area (Å²) in [5.74, 6) is -0.674. The van der Waals surface area contributed by atoms with Crippen molar-refractivity contribution in [1.29, 1.82) is 0 Å². The summed E-state index contributed by atoms with van der Waals surface area (Å²) in [5.41, 5.74) is 3.99. The highest BCUT2D eigenvalue weighted by atomic mass is 16.4. The van der Waals surface area contributed by atoms with E-state index in [-0.39, 0.29) is 11.8 Å². The first-order valence-electron chi connectivity index (χ1n) is 5.85. The number of benzene rings is 1. The van der Waals surface area contributed by atoms with Crippen molar-refractivity contribution in [1.82, 2.24) is 0 Å². The van der Waals surface area contributed by atoms with Crippen molar-refractivity contribution in [3.05, 3.63) is 34.9 Å². The summed E-state index contributed by atoms with van der Waals surface area (Å²) in [6, 6.07) is 6.33. The first kappa shape index (κ1) is 11.2. The highest BCUT2D eigenvalue weighted by Crippen LogP contribution is 2.43. The van der Waals surface area contributed by atoms with E-state index in [9.17, 15) is 4.79 Å². The molecule has 0 aliphatic heterocycles. The van der Waals surface area contributed by atoms with Gasteiger partial charge >= 0.3 is 5.97 Å². The van der Waals surface area contributed by atoms with Crippen molar-refractivity contribution >= 4 is 5.97 Å². The molecule has 1 aliphatic carbocycles. The van der Waals surface area contributed by atoms with Crippen LogP contribution in [-0.4, -0.2) is 11.1 Å². The van der Waals surface area contributed by atoms with Gasteiger partial charge in [-0.1, -0.05) is 25.1 Å². The predicted molar refractivity (Wildman–Crippen MR) is 63.6 cm³/mol. The highest BCUT2D eigenvalue weighted by Gasteiger charge is 2.37. The minimum absolute atomic E-state index is 0.0414. The van der Waals surface area contributed by atoms with Crippen LogP contribution in [0.3, 0.4) is 0 Å². The molecule has 2 rings (SSSR count). The molecule has 0 bridgehead atoms. The van der Waals surface area contributed by atoms with E-state index in [4.69, 9.17) is 5.11 Å². The summed E-state index contributed by atoms with van der Waals surface area (Å²) >= 11 is 0. The first-order valence-corrected chi connectivity index (χ1v) is 5.85. The van der Waals surface area contributed by atoms with Gasteiger partial charge in [-0.3, -0.25) is 4.79 Å². The van der Waals surface area contributed by atoms with Crippen molar-refractivity contribution in [3.8, 4) is 0 Å². The van der Waals surface area contributed by atoms with Gasteiger partial charge in [0.25, 0.3) is 0 Å². The third-order valence-corrected chi connectivity index (χ3v) is 3.90. The number of carbonyl (C=O) groups is 1. The SMILES string of the molecule is CCC1(CC(=O)O)Cc2cccc(C)c2C1. The Morgan fingerprint density at radius 2 is 2.19 bits per heavy atom. The Kier molecular flexibility index (Phi) is 2.75. The summed E-state index contributed by atoms with van der Waals surface area (Å²) in [7, 11) is 0. The van der Waals surface area contributed by atoms with Crippen LogP contribution in [0.15, 0.2) is 18.2 Å². The molecule has 2 nitrogen and oxygen atoms in total. The molecule has 1 aliphatic rings. The largest absolute Gasteiger partial charge is 0.481 e. The molecule has 86 valence electrons. The second-order valence-electron chi connectivity index (χ2n) is 4.99. The van der Waals surface area contributed by atoms with E-state index < -0.39 is 5.97 Å². The Morgan fingerprint density at radius 3 is 2.75 bits per heavy atom. The van der Waals surface area contributed by atoms with Crippen molar-refractivity contribution < 1.29 is 9.90 Å². The molecule has 0 spiro atoms. The fourth-order valence-corrected chi connectivity index (χ4v) is 2.84. The average Bonchev–Trinajstić information content (AvgIpc) is 2.58. The zero-order chi connectivity index (χ0) is 11.8. The van der Waals surface area contributed by atoms with Gasteiger partial charge in [-0.15, -0.1) is 0 Å². The number of hydrogen-bond donors (Lipinski definition) is 1. The molecular formula is C14H18O2. The van der Waals surface area contributed by atoms with Gasteiger partial charge in [-0.2, -0.15) is 0 Å². The topological polar surface area (TPSA) is 37.3 Å². The number of hydrogen-bond acceptors (Lipinski definition) is 1. The van der Waals surface area contributed by atoms with Crippen molar-refractivity contribution in [2.45, 2.75) is 39.5 Å². The van der Waals surface area contributed by atoms with Gasteiger partial charge < -0.3 is 5.11 Å². The van der Waals surface area contributed by atoms with Gasteiger partial charge in [-0.05, 0) is 48.3 Å². The van der Waals surface area contributed by atoms with E-state index >= 15 is 0 Å². The minimum atomic E-state index is -0.674. The Balaban J connectivity index is 2.32. The van der Waals surface area contributed by atoms with E-state index in [0.29, 0.717) is 0 Å². The molecule has 0 heterocycles. The van der Waals surface area contributed by atoms with Gasteiger partial charge in [0.2, 0.25) is 0 Å². The lowest BCUT2D eigenvalue weighted by Crippen LogP contribution is -2.24. The van der Waals surface area contributed by atoms with Gasteiger partial charge in [-0.25, -0.2) is 0 Å². The van der Waals surface area contributed by atoms with E-state index in [1.807, 2.05) is 0 Å². The second-order valence-corrected chi connectivity index (χ2v) is 4.99. The number of rotatable bonds is 3. The molecule has 1 unspecified atom stereocenters. The number of carboxylic acids is 1. The molecule has 0 radical (unpaired) electrons. The van der Waals surface area contributed by atoms with Crippen LogP contribution in [0.4, 0.5) is 0 Å². The molecule has 1 N–H and O–H groups in total. The lowest BCUT2D eigenvalue weighted by atomic mass is 9.79. The zero-order valence-corrected chi connectivity index (χ0v) is 9.92. The van der Waals surface area contributed by atoms with E-state index in [1.54, 1.807) is 0 Å². The molecular weight excluding hydrogens is 200 g/mol. The lowest BCUT2D eigenvalue weighted by molar-refractivity contribution is -0.139. The van der Waals surface area contributed by atoms with Gasteiger partial charge in [0, 0.05) is 0 Å². The van der Waals surface area contributed by atoms with Crippen molar-refractivity contribution in [2.24, 2.45) is 5.41 Å². The van der Waals surface area contributed by atoms with Gasteiger partial charge in [0.05, 0.1) is 6.42 Å². The van der Waals surface area contributed by atoms with E-state index in [2.05, 4.69) is 32.0 Å². The maximum atomic E-state index is 11.0. The van der Waals surface area contributed by atoms with E-state index in [1.165, 1.54) is 16.7 Å². The first-order chi connectivity index (χ1) is 7.56. The number of carboxylic acid groups (broad SMARTS) is 1. The summed E-state index contributed by atoms with van der Waals surface area (Å²) in [6.07, 6.45) is 3.08. The van der Waals surface area contributed by atoms with Crippen molar-refractivity contribution in [2.75, 3.05) is 0 Å². The second kappa shape index (κ2) is 3.93. The zero-order valence-electron chi connectivity index (χ0n) is 9.92. The number of aliphatic carboxylic acids is 1. The third-order valence-electron chi connectivity index (χ3n) is 3.90. The van der Waals surface area contributed by atoms with Crippen LogP contribution in [0.5, 0.6) is 0 Å². The average molecular weight is 218 g/mol. The Labute approximate surface area is 96.3 Å². The van der Waals surface area contributed by atoms with Crippen LogP contribution < -0.4 is 0 Å². The third kappa shape index (κ3) is 1.84. The van der Waals surface area contributed by atoms with Crippen LogP contribution in [0.2, 0.25) is 0 Å². The van der Waals surface area contributed by atoms with Crippen LogP contribution in [0.25, 0.3) is 0 Å². The molecule has 1 atom stereocenters. The molecule has 0 saturated carbocycles. The van der Waals surface area contributed by atoms with Gasteiger partial charge in [0.1, 0.15) is 0 Å².